The van der Waals surface area contributed by atoms with Gasteiger partial charge in [0, 0.05) is 0 Å². The Morgan fingerprint density at radius 2 is 1.73 bits per heavy atom. The van der Waals surface area contributed by atoms with Gasteiger partial charge in [0.2, 0.25) is 0 Å². The van der Waals surface area contributed by atoms with Crippen LogP contribution in [-0.4, -0.2) is 13.1 Å². The highest BCUT2D eigenvalue weighted by Crippen LogP contribution is 2.30. The Labute approximate surface area is 96.0 Å². The lowest BCUT2D eigenvalue weighted by molar-refractivity contribution is 0.300. The summed E-state index contributed by atoms with van der Waals surface area (Å²) in [4.78, 5) is 0. The number of hydrogen-bond acceptors (Lipinski definition) is 1. The van der Waals surface area contributed by atoms with Gasteiger partial charge in [0.25, 0.3) is 0 Å². The van der Waals surface area contributed by atoms with Crippen LogP contribution in [0.25, 0.3) is 0 Å². The van der Waals surface area contributed by atoms with Gasteiger partial charge in [0.05, 0.1) is 0 Å². The fraction of sp³-hybridized carbons (Fsp3) is 1.00. The van der Waals surface area contributed by atoms with Crippen molar-refractivity contribution in [3.05, 3.63) is 0 Å². The third-order valence-corrected chi connectivity index (χ3v) is 3.91. The monoisotopic (exact) mass is 211 g/mol. The summed E-state index contributed by atoms with van der Waals surface area (Å²) < 4.78 is 0. The van der Waals surface area contributed by atoms with Crippen LogP contribution in [0.15, 0.2) is 0 Å². The first-order chi connectivity index (χ1) is 7.34. The Bertz CT molecular complexity index is 136. The Morgan fingerprint density at radius 1 is 1.07 bits per heavy atom. The molecule has 90 valence electrons. The van der Waals surface area contributed by atoms with Crippen LogP contribution in [0.2, 0.25) is 0 Å². The molecule has 1 fully saturated rings. The molecule has 0 aliphatic heterocycles. The van der Waals surface area contributed by atoms with Crippen molar-refractivity contribution in [1.29, 1.82) is 0 Å². The molecule has 0 radical (unpaired) electrons. The quantitative estimate of drug-likeness (QED) is 0.517. The van der Waals surface area contributed by atoms with Gasteiger partial charge >= 0.3 is 0 Å². The second kappa shape index (κ2) is 8.15. The number of nitrogens with one attached hydrogen (secondary N) is 1. The van der Waals surface area contributed by atoms with Gasteiger partial charge in [-0.1, -0.05) is 52.4 Å². The molecule has 0 saturated heterocycles. The Hall–Kier alpha value is -0.0400. The molecule has 1 rings (SSSR count). The van der Waals surface area contributed by atoms with Crippen molar-refractivity contribution in [2.45, 2.75) is 65.2 Å². The molecular weight excluding hydrogens is 182 g/mol. The normalized spacial score (nSPS) is 21.2. The molecule has 0 bridgehead atoms. The summed E-state index contributed by atoms with van der Waals surface area (Å²) in [7, 11) is 0. The van der Waals surface area contributed by atoms with Gasteiger partial charge in [0.1, 0.15) is 0 Å². The van der Waals surface area contributed by atoms with Crippen LogP contribution in [-0.2, 0) is 0 Å². The minimum atomic E-state index is 0.937. The first-order valence-electron chi connectivity index (χ1n) is 7.05. The SMILES string of the molecule is CCCNCCC(C)C1CCCCCC1. The summed E-state index contributed by atoms with van der Waals surface area (Å²) in [6, 6.07) is 0. The molecule has 0 aromatic rings. The van der Waals surface area contributed by atoms with Crippen molar-refractivity contribution in [2.24, 2.45) is 11.8 Å². The molecule has 1 atom stereocenters. The van der Waals surface area contributed by atoms with Crippen LogP contribution in [0.3, 0.4) is 0 Å². The van der Waals surface area contributed by atoms with E-state index in [-0.39, 0.29) is 0 Å². The van der Waals surface area contributed by atoms with Crippen molar-refractivity contribution >= 4 is 0 Å². The van der Waals surface area contributed by atoms with Crippen LogP contribution >= 0.6 is 0 Å². The van der Waals surface area contributed by atoms with Gasteiger partial charge in [-0.3, -0.25) is 0 Å². The smallest absolute Gasteiger partial charge is 0.00463 e. The molecule has 0 aromatic heterocycles. The van der Waals surface area contributed by atoms with E-state index in [0.29, 0.717) is 0 Å². The van der Waals surface area contributed by atoms with E-state index in [1.54, 1.807) is 0 Å². The van der Waals surface area contributed by atoms with Crippen LogP contribution in [0.1, 0.15) is 65.2 Å². The van der Waals surface area contributed by atoms with E-state index in [2.05, 4.69) is 19.2 Å². The minimum absolute atomic E-state index is 0.937. The molecule has 15 heavy (non-hydrogen) atoms. The molecule has 1 saturated carbocycles. The molecular formula is C14H29N. The average molecular weight is 211 g/mol. The second-order valence-electron chi connectivity index (χ2n) is 5.27. The van der Waals surface area contributed by atoms with Crippen LogP contribution in [0, 0.1) is 11.8 Å². The first-order valence-corrected chi connectivity index (χ1v) is 7.05. The van der Waals surface area contributed by atoms with Crippen LogP contribution in [0.5, 0.6) is 0 Å². The molecule has 0 aromatic carbocycles. The van der Waals surface area contributed by atoms with Crippen LogP contribution in [0.4, 0.5) is 0 Å². The zero-order chi connectivity index (χ0) is 10.9. The fourth-order valence-corrected chi connectivity index (χ4v) is 2.75. The van der Waals surface area contributed by atoms with Crippen molar-refractivity contribution in [3.63, 3.8) is 0 Å². The Kier molecular flexibility index (Phi) is 7.08. The summed E-state index contributed by atoms with van der Waals surface area (Å²) in [5, 5.41) is 3.52. The molecule has 0 heterocycles. The summed E-state index contributed by atoms with van der Waals surface area (Å²) in [6.45, 7) is 7.12. The van der Waals surface area contributed by atoms with E-state index in [4.69, 9.17) is 0 Å². The predicted octanol–water partition coefficient (Wildman–Crippen LogP) is 3.98. The Balaban J connectivity index is 2.11. The molecule has 1 aliphatic rings. The zero-order valence-corrected chi connectivity index (χ0v) is 10.7. The van der Waals surface area contributed by atoms with Gasteiger partial charge in [-0.15, -0.1) is 0 Å². The average Bonchev–Trinajstić information content (AvgIpc) is 2.52. The van der Waals surface area contributed by atoms with E-state index < -0.39 is 0 Å². The maximum Gasteiger partial charge on any atom is -0.00463 e. The number of rotatable bonds is 6. The predicted molar refractivity (Wildman–Crippen MR) is 68.1 cm³/mol. The summed E-state index contributed by atoms with van der Waals surface area (Å²) in [6.07, 6.45) is 11.6. The summed E-state index contributed by atoms with van der Waals surface area (Å²) in [5.41, 5.74) is 0. The van der Waals surface area contributed by atoms with Gasteiger partial charge in [-0.2, -0.15) is 0 Å². The fourth-order valence-electron chi connectivity index (χ4n) is 2.75. The standard InChI is InChI=1S/C14H29N/c1-3-11-15-12-10-13(2)14-8-6-4-5-7-9-14/h13-15H,3-12H2,1-2H3. The largest absolute Gasteiger partial charge is 0.317 e. The highest BCUT2D eigenvalue weighted by atomic mass is 14.8. The summed E-state index contributed by atoms with van der Waals surface area (Å²) in [5.74, 6) is 1.96. The highest BCUT2D eigenvalue weighted by molar-refractivity contribution is 4.70. The van der Waals surface area contributed by atoms with Gasteiger partial charge in [-0.05, 0) is 37.8 Å². The van der Waals surface area contributed by atoms with E-state index in [1.807, 2.05) is 0 Å². The van der Waals surface area contributed by atoms with Crippen molar-refractivity contribution < 1.29 is 0 Å². The lowest BCUT2D eigenvalue weighted by Crippen LogP contribution is -2.21. The lowest BCUT2D eigenvalue weighted by atomic mass is 9.85. The van der Waals surface area contributed by atoms with Crippen molar-refractivity contribution in [2.75, 3.05) is 13.1 Å². The molecule has 0 spiro atoms. The molecule has 1 nitrogen and oxygen atoms in total. The Morgan fingerprint density at radius 3 is 2.33 bits per heavy atom. The lowest BCUT2D eigenvalue weighted by Gasteiger charge is -2.22. The molecule has 1 aliphatic carbocycles. The molecule has 1 heteroatoms. The number of hydrogen-bond donors (Lipinski definition) is 1. The molecule has 0 amide bonds. The van der Waals surface area contributed by atoms with Crippen molar-refractivity contribution in [3.8, 4) is 0 Å². The van der Waals surface area contributed by atoms with E-state index in [0.717, 1.165) is 11.8 Å². The van der Waals surface area contributed by atoms with Gasteiger partial charge in [0.15, 0.2) is 0 Å². The molecule has 1 N–H and O–H groups in total. The third-order valence-electron chi connectivity index (χ3n) is 3.91. The van der Waals surface area contributed by atoms with E-state index in [1.165, 1.54) is 64.5 Å². The second-order valence-corrected chi connectivity index (χ2v) is 5.27. The summed E-state index contributed by atoms with van der Waals surface area (Å²) >= 11 is 0. The maximum atomic E-state index is 3.52. The van der Waals surface area contributed by atoms with Crippen molar-refractivity contribution in [1.82, 2.24) is 5.32 Å². The van der Waals surface area contributed by atoms with Gasteiger partial charge < -0.3 is 5.32 Å². The first kappa shape index (κ1) is 13.0. The van der Waals surface area contributed by atoms with Gasteiger partial charge in [-0.25, -0.2) is 0 Å². The third kappa shape index (κ3) is 5.55. The minimum Gasteiger partial charge on any atom is -0.317 e. The maximum absolute atomic E-state index is 3.52. The topological polar surface area (TPSA) is 12.0 Å². The van der Waals surface area contributed by atoms with Crippen LogP contribution < -0.4 is 5.32 Å². The zero-order valence-electron chi connectivity index (χ0n) is 10.7. The highest BCUT2D eigenvalue weighted by Gasteiger charge is 2.18. The molecule has 1 unspecified atom stereocenters. The van der Waals surface area contributed by atoms with E-state index in [9.17, 15) is 0 Å². The van der Waals surface area contributed by atoms with E-state index >= 15 is 0 Å².